The van der Waals surface area contributed by atoms with Gasteiger partial charge >= 0.3 is 0 Å². The Morgan fingerprint density at radius 2 is 1.88 bits per heavy atom. The molecule has 5 nitrogen and oxygen atoms in total. The van der Waals surface area contributed by atoms with E-state index in [0.29, 0.717) is 34.3 Å². The van der Waals surface area contributed by atoms with Gasteiger partial charge in [0.2, 0.25) is 0 Å². The van der Waals surface area contributed by atoms with Gasteiger partial charge in [-0.2, -0.15) is 0 Å². The molecule has 2 heterocycles. The summed E-state index contributed by atoms with van der Waals surface area (Å²) in [6.07, 6.45) is 3.41. The molecule has 0 unspecified atom stereocenters. The largest absolute Gasteiger partial charge is 0.264 e. The predicted octanol–water partition coefficient (Wildman–Crippen LogP) is 3.47. The SMILES string of the molecule is CC1=C(c2ccc(C(C)C)cc2)S(=O)(=O)NC1=NCc1cccnc1. The minimum atomic E-state index is -3.59. The van der Waals surface area contributed by atoms with Gasteiger partial charge in [-0.1, -0.05) is 44.2 Å². The molecule has 0 radical (unpaired) electrons. The minimum absolute atomic E-state index is 0.299. The fraction of sp³-hybridized carbons (Fsp3) is 0.263. The number of sulfonamides is 1. The highest BCUT2D eigenvalue weighted by Gasteiger charge is 2.32. The van der Waals surface area contributed by atoms with Crippen LogP contribution in [0.1, 0.15) is 43.4 Å². The lowest BCUT2D eigenvalue weighted by Gasteiger charge is -2.07. The highest BCUT2D eigenvalue weighted by Crippen LogP contribution is 2.30. The van der Waals surface area contributed by atoms with Crippen LogP contribution >= 0.6 is 0 Å². The van der Waals surface area contributed by atoms with Crippen molar-refractivity contribution in [2.75, 3.05) is 0 Å². The minimum Gasteiger partial charge on any atom is -0.264 e. The number of benzene rings is 1. The van der Waals surface area contributed by atoms with Crippen molar-refractivity contribution >= 4 is 20.8 Å². The zero-order chi connectivity index (χ0) is 18.0. The van der Waals surface area contributed by atoms with Crippen molar-refractivity contribution < 1.29 is 8.42 Å². The first kappa shape index (κ1) is 17.4. The molecule has 0 atom stereocenters. The Morgan fingerprint density at radius 3 is 2.48 bits per heavy atom. The van der Waals surface area contributed by atoms with Crippen LogP contribution in [0, 0.1) is 0 Å². The topological polar surface area (TPSA) is 71.4 Å². The Balaban J connectivity index is 1.95. The second kappa shape index (κ2) is 6.80. The molecule has 0 saturated heterocycles. The summed E-state index contributed by atoms with van der Waals surface area (Å²) >= 11 is 0. The van der Waals surface area contributed by atoms with E-state index in [1.165, 1.54) is 5.56 Å². The molecule has 0 saturated carbocycles. The van der Waals surface area contributed by atoms with Gasteiger partial charge in [0.25, 0.3) is 10.0 Å². The van der Waals surface area contributed by atoms with E-state index in [9.17, 15) is 8.42 Å². The zero-order valence-electron chi connectivity index (χ0n) is 14.5. The van der Waals surface area contributed by atoms with Gasteiger partial charge in [-0.25, -0.2) is 8.42 Å². The number of aliphatic imine (C=N–C) groups is 1. The molecule has 130 valence electrons. The summed E-state index contributed by atoms with van der Waals surface area (Å²) in [4.78, 5) is 8.76. The Labute approximate surface area is 148 Å². The average molecular weight is 355 g/mol. The molecule has 0 fully saturated rings. The van der Waals surface area contributed by atoms with E-state index in [1.807, 2.05) is 36.4 Å². The number of hydrogen-bond acceptors (Lipinski definition) is 4. The summed E-state index contributed by atoms with van der Waals surface area (Å²) in [5, 5.41) is 0. The van der Waals surface area contributed by atoms with Crippen molar-refractivity contribution in [1.82, 2.24) is 9.71 Å². The first-order valence-electron chi connectivity index (χ1n) is 8.16. The average Bonchev–Trinajstić information content (AvgIpc) is 2.82. The van der Waals surface area contributed by atoms with E-state index >= 15 is 0 Å². The smallest absolute Gasteiger partial charge is 0.264 e. The lowest BCUT2D eigenvalue weighted by Crippen LogP contribution is -2.23. The molecule has 25 heavy (non-hydrogen) atoms. The van der Waals surface area contributed by atoms with Crippen molar-refractivity contribution in [2.45, 2.75) is 33.2 Å². The maximum absolute atomic E-state index is 12.6. The number of pyridine rings is 1. The summed E-state index contributed by atoms with van der Waals surface area (Å²) in [7, 11) is -3.59. The monoisotopic (exact) mass is 355 g/mol. The quantitative estimate of drug-likeness (QED) is 0.913. The van der Waals surface area contributed by atoms with E-state index in [4.69, 9.17) is 0 Å². The number of nitrogens with zero attached hydrogens (tertiary/aromatic N) is 2. The van der Waals surface area contributed by atoms with Crippen LogP contribution in [0.3, 0.4) is 0 Å². The summed E-state index contributed by atoms with van der Waals surface area (Å²) in [6, 6.07) is 11.4. The molecule has 3 rings (SSSR count). The Morgan fingerprint density at radius 1 is 1.16 bits per heavy atom. The van der Waals surface area contributed by atoms with Crippen molar-refractivity contribution in [3.8, 4) is 0 Å². The molecule has 1 aliphatic heterocycles. The van der Waals surface area contributed by atoms with E-state index < -0.39 is 10.0 Å². The molecule has 1 aromatic heterocycles. The maximum Gasteiger partial charge on any atom is 0.264 e. The van der Waals surface area contributed by atoms with Crippen molar-refractivity contribution in [2.24, 2.45) is 4.99 Å². The third-order valence-corrected chi connectivity index (χ3v) is 5.72. The van der Waals surface area contributed by atoms with Crippen LogP contribution in [0.5, 0.6) is 0 Å². The van der Waals surface area contributed by atoms with Crippen LogP contribution in [-0.2, 0) is 16.6 Å². The number of aromatic nitrogens is 1. The Hall–Kier alpha value is -2.47. The van der Waals surface area contributed by atoms with Gasteiger partial charge in [-0.05, 0) is 35.6 Å². The van der Waals surface area contributed by atoms with E-state index in [0.717, 1.165) is 5.56 Å². The second-order valence-electron chi connectivity index (χ2n) is 6.36. The number of nitrogens with one attached hydrogen (secondary N) is 1. The predicted molar refractivity (Wildman–Crippen MR) is 101 cm³/mol. The first-order chi connectivity index (χ1) is 11.9. The van der Waals surface area contributed by atoms with Crippen LogP contribution in [0.4, 0.5) is 0 Å². The van der Waals surface area contributed by atoms with Gasteiger partial charge in [0.05, 0.1) is 6.54 Å². The molecule has 0 aliphatic carbocycles. The molecule has 1 aromatic carbocycles. The van der Waals surface area contributed by atoms with Crippen molar-refractivity contribution in [1.29, 1.82) is 0 Å². The summed E-state index contributed by atoms with van der Waals surface area (Å²) in [5.74, 6) is 0.797. The molecular formula is C19H21N3O2S. The summed E-state index contributed by atoms with van der Waals surface area (Å²) in [6.45, 7) is 6.38. The number of amidine groups is 1. The molecule has 6 heteroatoms. The van der Waals surface area contributed by atoms with E-state index in [1.54, 1.807) is 19.3 Å². The van der Waals surface area contributed by atoms with E-state index in [2.05, 4.69) is 28.5 Å². The molecule has 0 spiro atoms. The van der Waals surface area contributed by atoms with Gasteiger partial charge in [-0.15, -0.1) is 0 Å². The van der Waals surface area contributed by atoms with Gasteiger partial charge in [0.15, 0.2) is 0 Å². The maximum atomic E-state index is 12.6. The molecular weight excluding hydrogens is 334 g/mol. The molecule has 0 bridgehead atoms. The Bertz CT molecular complexity index is 928. The second-order valence-corrected chi connectivity index (χ2v) is 7.98. The highest BCUT2D eigenvalue weighted by molar-refractivity contribution is 8.00. The normalized spacial score (nSPS) is 18.0. The highest BCUT2D eigenvalue weighted by atomic mass is 32.2. The van der Waals surface area contributed by atoms with Gasteiger partial charge < -0.3 is 0 Å². The van der Waals surface area contributed by atoms with Crippen LogP contribution in [-0.4, -0.2) is 19.2 Å². The summed E-state index contributed by atoms with van der Waals surface area (Å²) in [5.41, 5.74) is 3.43. The Kier molecular flexibility index (Phi) is 4.72. The third kappa shape index (κ3) is 3.64. The molecule has 1 N–H and O–H groups in total. The fourth-order valence-electron chi connectivity index (χ4n) is 2.77. The standard InChI is InChI=1S/C19H21N3O2S/c1-13(2)16-6-8-17(9-7-16)18-14(3)19(22-25(18,23)24)21-12-15-5-4-10-20-11-15/h4-11,13H,12H2,1-3H3,(H,21,22). The van der Waals surface area contributed by atoms with Crippen molar-refractivity contribution in [3.05, 3.63) is 71.1 Å². The van der Waals surface area contributed by atoms with Crippen LogP contribution < -0.4 is 4.72 Å². The zero-order valence-corrected chi connectivity index (χ0v) is 15.3. The first-order valence-corrected chi connectivity index (χ1v) is 9.64. The van der Waals surface area contributed by atoms with Crippen LogP contribution in [0.25, 0.3) is 4.91 Å². The fourth-order valence-corrected chi connectivity index (χ4v) is 4.29. The molecule has 1 aliphatic rings. The van der Waals surface area contributed by atoms with E-state index in [-0.39, 0.29) is 0 Å². The molecule has 0 amide bonds. The number of hydrogen-bond donors (Lipinski definition) is 1. The van der Waals surface area contributed by atoms with Gasteiger partial charge in [0.1, 0.15) is 10.7 Å². The van der Waals surface area contributed by atoms with Gasteiger partial charge in [0, 0.05) is 18.0 Å². The van der Waals surface area contributed by atoms with Crippen LogP contribution in [0.15, 0.2) is 59.4 Å². The lowest BCUT2D eigenvalue weighted by molar-refractivity contribution is 0.603. The third-order valence-electron chi connectivity index (χ3n) is 4.18. The van der Waals surface area contributed by atoms with Gasteiger partial charge in [-0.3, -0.25) is 14.7 Å². The molecule has 2 aromatic rings. The lowest BCUT2D eigenvalue weighted by atomic mass is 10.0. The van der Waals surface area contributed by atoms with Crippen LogP contribution in [0.2, 0.25) is 0 Å². The summed E-state index contributed by atoms with van der Waals surface area (Å²) < 4.78 is 27.7. The number of rotatable bonds is 4. The van der Waals surface area contributed by atoms with Crippen molar-refractivity contribution in [3.63, 3.8) is 0 Å².